The topological polar surface area (TPSA) is 69.1 Å². The lowest BCUT2D eigenvalue weighted by atomic mass is 10.3. The van der Waals surface area contributed by atoms with Crippen LogP contribution in [0.3, 0.4) is 0 Å². The molecule has 10 heteroatoms. The molecule has 0 atom stereocenters. The number of hydrogen-bond acceptors (Lipinski definition) is 6. The Hall–Kier alpha value is -1.68. The van der Waals surface area contributed by atoms with Crippen molar-refractivity contribution in [3.63, 3.8) is 0 Å². The number of rotatable bonds is 1. The van der Waals surface area contributed by atoms with Crippen molar-refractivity contribution in [3.05, 3.63) is 17.3 Å². The maximum Gasteiger partial charge on any atom is 0.453 e. The molecule has 0 spiro atoms. The molecule has 0 fully saturated rings. The lowest BCUT2D eigenvalue weighted by Crippen LogP contribution is -2.11. The highest BCUT2D eigenvalue weighted by molar-refractivity contribution is 7.20. The molecular formula is C8H4F3N5S2. The molecule has 94 valence electrons. The number of nitrogens with two attached hydrogens (primary N) is 1. The Morgan fingerprint density at radius 3 is 2.67 bits per heavy atom. The van der Waals surface area contributed by atoms with E-state index in [2.05, 4.69) is 15.3 Å². The molecule has 0 radical (unpaired) electrons. The molecular weight excluding hydrogens is 287 g/mol. The van der Waals surface area contributed by atoms with Crippen LogP contribution in [-0.4, -0.2) is 19.8 Å². The van der Waals surface area contributed by atoms with Gasteiger partial charge < -0.3 is 5.73 Å². The normalized spacial score (nSPS) is 12.4. The smallest absolute Gasteiger partial charge is 0.390 e. The van der Waals surface area contributed by atoms with Crippen molar-refractivity contribution in [3.8, 4) is 10.6 Å². The van der Waals surface area contributed by atoms with Crippen LogP contribution in [0.5, 0.6) is 0 Å². The molecule has 0 unspecified atom stereocenters. The van der Waals surface area contributed by atoms with Crippen molar-refractivity contribution in [2.45, 2.75) is 6.18 Å². The molecule has 0 aliphatic heterocycles. The summed E-state index contributed by atoms with van der Waals surface area (Å²) in [6, 6.07) is 1.71. The van der Waals surface area contributed by atoms with Crippen LogP contribution < -0.4 is 5.73 Å². The summed E-state index contributed by atoms with van der Waals surface area (Å²) in [6.45, 7) is 0. The zero-order valence-corrected chi connectivity index (χ0v) is 10.1. The van der Waals surface area contributed by atoms with Crippen molar-refractivity contribution in [1.82, 2.24) is 19.8 Å². The van der Waals surface area contributed by atoms with E-state index in [1.165, 1.54) is 11.3 Å². The monoisotopic (exact) mass is 291 g/mol. The van der Waals surface area contributed by atoms with Crippen LogP contribution in [0.2, 0.25) is 0 Å². The number of alkyl halides is 3. The third kappa shape index (κ3) is 1.64. The van der Waals surface area contributed by atoms with Gasteiger partial charge in [0.1, 0.15) is 0 Å². The molecule has 3 aromatic rings. The molecule has 18 heavy (non-hydrogen) atoms. The lowest BCUT2D eigenvalue weighted by molar-refractivity contribution is -0.146. The van der Waals surface area contributed by atoms with Gasteiger partial charge in [-0.1, -0.05) is 11.3 Å². The predicted octanol–water partition coefficient (Wildman–Crippen LogP) is 2.52. The summed E-state index contributed by atoms with van der Waals surface area (Å²) in [5, 5.41) is 13.0. The van der Waals surface area contributed by atoms with Crippen LogP contribution in [0.1, 0.15) is 5.82 Å². The fraction of sp³-hybridized carbons (Fsp3) is 0.125. The first-order valence-electron chi connectivity index (χ1n) is 4.59. The Morgan fingerprint density at radius 2 is 2.06 bits per heavy atom. The minimum absolute atomic E-state index is 0.0860. The van der Waals surface area contributed by atoms with E-state index in [9.17, 15) is 13.2 Å². The van der Waals surface area contributed by atoms with Crippen LogP contribution >= 0.6 is 22.7 Å². The molecule has 0 aliphatic rings. The van der Waals surface area contributed by atoms with Crippen LogP contribution in [0.15, 0.2) is 11.4 Å². The van der Waals surface area contributed by atoms with Crippen LogP contribution in [0.25, 0.3) is 15.5 Å². The largest absolute Gasteiger partial charge is 0.453 e. The summed E-state index contributed by atoms with van der Waals surface area (Å²) >= 11 is 2.31. The maximum absolute atomic E-state index is 12.6. The first-order valence-corrected chi connectivity index (χ1v) is 6.29. The SMILES string of the molecule is Nc1sccc1-c1nn2c(C(F)(F)F)nnc2s1. The van der Waals surface area contributed by atoms with E-state index in [1.807, 2.05) is 0 Å². The van der Waals surface area contributed by atoms with Crippen molar-refractivity contribution in [1.29, 1.82) is 0 Å². The first-order chi connectivity index (χ1) is 8.47. The van der Waals surface area contributed by atoms with E-state index in [0.29, 0.717) is 20.1 Å². The van der Waals surface area contributed by atoms with Gasteiger partial charge in [-0.05, 0) is 11.4 Å². The zero-order chi connectivity index (χ0) is 12.9. The van der Waals surface area contributed by atoms with E-state index in [4.69, 9.17) is 5.73 Å². The lowest BCUT2D eigenvalue weighted by Gasteiger charge is -2.00. The highest BCUT2D eigenvalue weighted by atomic mass is 32.1. The summed E-state index contributed by atoms with van der Waals surface area (Å²) in [5.74, 6) is -1.13. The van der Waals surface area contributed by atoms with Gasteiger partial charge in [0, 0.05) is 5.56 Å². The van der Waals surface area contributed by atoms with E-state index in [-0.39, 0.29) is 4.96 Å². The Bertz CT molecular complexity index is 710. The summed E-state index contributed by atoms with van der Waals surface area (Å²) in [4.78, 5) is 0.0860. The van der Waals surface area contributed by atoms with Crippen LogP contribution in [0.4, 0.5) is 18.2 Å². The minimum atomic E-state index is -4.58. The Labute approximate surface area is 106 Å². The summed E-state index contributed by atoms with van der Waals surface area (Å²) in [7, 11) is 0. The molecule has 0 saturated heterocycles. The molecule has 0 bridgehead atoms. The molecule has 3 aromatic heterocycles. The van der Waals surface area contributed by atoms with E-state index in [1.54, 1.807) is 11.4 Å². The average molecular weight is 291 g/mol. The molecule has 0 saturated carbocycles. The number of aromatic nitrogens is 4. The number of anilines is 1. The van der Waals surface area contributed by atoms with Gasteiger partial charge in [0.2, 0.25) is 4.96 Å². The van der Waals surface area contributed by atoms with Gasteiger partial charge in [-0.2, -0.15) is 22.8 Å². The number of hydrogen-bond donors (Lipinski definition) is 1. The molecule has 3 rings (SSSR count). The van der Waals surface area contributed by atoms with Crippen LogP contribution in [-0.2, 0) is 6.18 Å². The molecule has 3 heterocycles. The molecule has 0 amide bonds. The maximum atomic E-state index is 12.6. The third-order valence-electron chi connectivity index (χ3n) is 2.17. The predicted molar refractivity (Wildman–Crippen MR) is 61.4 cm³/mol. The molecule has 5 nitrogen and oxygen atoms in total. The minimum Gasteiger partial charge on any atom is -0.390 e. The van der Waals surface area contributed by atoms with Crippen molar-refractivity contribution in [2.75, 3.05) is 5.73 Å². The number of fused-ring (bicyclic) bond motifs is 1. The van der Waals surface area contributed by atoms with Crippen molar-refractivity contribution in [2.24, 2.45) is 0 Å². The summed E-state index contributed by atoms with van der Waals surface area (Å²) in [6.07, 6.45) is -4.58. The fourth-order valence-corrected chi connectivity index (χ4v) is 2.99. The number of nitrogens with zero attached hydrogens (tertiary/aromatic N) is 4. The zero-order valence-electron chi connectivity index (χ0n) is 8.47. The van der Waals surface area contributed by atoms with E-state index < -0.39 is 12.0 Å². The van der Waals surface area contributed by atoms with Gasteiger partial charge in [0.15, 0.2) is 5.01 Å². The Morgan fingerprint density at radius 1 is 1.28 bits per heavy atom. The second kappa shape index (κ2) is 3.65. The molecule has 2 N–H and O–H groups in total. The van der Waals surface area contributed by atoms with Crippen molar-refractivity contribution < 1.29 is 13.2 Å². The number of halogens is 3. The molecule has 0 aliphatic carbocycles. The van der Waals surface area contributed by atoms with Gasteiger partial charge >= 0.3 is 6.18 Å². The van der Waals surface area contributed by atoms with Gasteiger partial charge in [-0.25, -0.2) is 0 Å². The van der Waals surface area contributed by atoms with Crippen LogP contribution in [0, 0.1) is 0 Å². The first kappa shape index (κ1) is 11.4. The van der Waals surface area contributed by atoms with Gasteiger partial charge in [-0.3, -0.25) is 0 Å². The second-order valence-electron chi connectivity index (χ2n) is 3.32. The molecule has 0 aromatic carbocycles. The number of nitrogen functional groups attached to an aromatic ring is 1. The Kier molecular flexibility index (Phi) is 2.32. The van der Waals surface area contributed by atoms with Gasteiger partial charge in [-0.15, -0.1) is 21.5 Å². The average Bonchev–Trinajstić information content (AvgIpc) is 2.87. The quantitative estimate of drug-likeness (QED) is 0.748. The third-order valence-corrected chi connectivity index (χ3v) is 3.85. The summed E-state index contributed by atoms with van der Waals surface area (Å²) in [5.41, 5.74) is 6.32. The van der Waals surface area contributed by atoms with Gasteiger partial charge in [0.05, 0.1) is 5.00 Å². The van der Waals surface area contributed by atoms with Gasteiger partial charge in [0.25, 0.3) is 5.82 Å². The highest BCUT2D eigenvalue weighted by Gasteiger charge is 2.38. The van der Waals surface area contributed by atoms with E-state index >= 15 is 0 Å². The highest BCUT2D eigenvalue weighted by Crippen LogP contribution is 2.35. The second-order valence-corrected chi connectivity index (χ2v) is 5.23. The van der Waals surface area contributed by atoms with E-state index in [0.717, 1.165) is 11.3 Å². The Balaban J connectivity index is 2.19. The number of thiophene rings is 1. The standard InChI is InChI=1S/C8H4F3N5S2/c9-8(10,11)6-13-14-7-16(6)15-5(18-7)3-1-2-17-4(3)12/h1-2H,12H2. The fourth-order valence-electron chi connectivity index (χ4n) is 1.40. The van der Waals surface area contributed by atoms with Crippen molar-refractivity contribution >= 4 is 32.6 Å². The summed E-state index contributed by atoms with van der Waals surface area (Å²) < 4.78 is 38.5.